The van der Waals surface area contributed by atoms with E-state index in [0.29, 0.717) is 5.54 Å². The second-order valence-corrected chi connectivity index (χ2v) is 7.37. The van der Waals surface area contributed by atoms with Crippen LogP contribution < -0.4 is 0 Å². The Morgan fingerprint density at radius 3 is 2.37 bits per heavy atom. The van der Waals surface area contributed by atoms with E-state index >= 15 is 0 Å². The molecule has 3 fully saturated rings. The summed E-state index contributed by atoms with van der Waals surface area (Å²) in [6, 6.07) is 1.59. The predicted octanol–water partition coefficient (Wildman–Crippen LogP) is 2.03. The summed E-state index contributed by atoms with van der Waals surface area (Å²) >= 11 is 0. The van der Waals surface area contributed by atoms with E-state index in [2.05, 4.69) is 35.6 Å². The van der Waals surface area contributed by atoms with Crippen LogP contribution in [0, 0.1) is 0 Å². The topological polar surface area (TPSA) is 9.72 Å². The number of hydrogen-bond donors (Lipinski definition) is 0. The molecule has 0 N–H and O–H groups in total. The van der Waals surface area contributed by atoms with Crippen LogP contribution in [0.25, 0.3) is 0 Å². The summed E-state index contributed by atoms with van der Waals surface area (Å²) in [5.41, 5.74) is 0.546. The van der Waals surface area contributed by atoms with Gasteiger partial charge in [0, 0.05) is 30.7 Å². The molecule has 1 spiro atoms. The third-order valence-corrected chi connectivity index (χ3v) is 5.87. The number of rotatable bonds is 2. The fraction of sp³-hybridized carbons (Fsp3) is 1.00. The normalized spacial score (nSPS) is 36.0. The molecule has 0 radical (unpaired) electrons. The van der Waals surface area contributed by atoms with E-state index in [1.165, 1.54) is 64.8 Å². The van der Waals surface area contributed by atoms with Crippen LogP contribution in [0.1, 0.15) is 46.0 Å². The number of hydrogen-bond acceptors (Lipinski definition) is 3. The molecular weight excluding hydrogens is 234 g/mol. The maximum Gasteiger partial charge on any atom is 0.0352 e. The molecule has 0 aromatic heterocycles. The highest BCUT2D eigenvalue weighted by molar-refractivity contribution is 5.05. The zero-order valence-electron chi connectivity index (χ0n) is 13.1. The Kier molecular flexibility index (Phi) is 3.89. The summed E-state index contributed by atoms with van der Waals surface area (Å²) in [6.07, 6.45) is 7.07. The minimum atomic E-state index is 0.546. The minimum Gasteiger partial charge on any atom is -0.306 e. The van der Waals surface area contributed by atoms with Crippen LogP contribution in [0.2, 0.25) is 0 Å². The highest BCUT2D eigenvalue weighted by Crippen LogP contribution is 2.41. The number of nitrogens with zero attached hydrogens (tertiary/aromatic N) is 3. The Morgan fingerprint density at radius 2 is 1.74 bits per heavy atom. The lowest BCUT2D eigenvalue weighted by Crippen LogP contribution is -2.54. The van der Waals surface area contributed by atoms with Gasteiger partial charge in [0.15, 0.2) is 0 Å². The van der Waals surface area contributed by atoms with Crippen molar-refractivity contribution in [1.82, 2.24) is 14.7 Å². The smallest absolute Gasteiger partial charge is 0.0352 e. The molecule has 0 saturated carbocycles. The minimum absolute atomic E-state index is 0.546. The maximum absolute atomic E-state index is 2.93. The van der Waals surface area contributed by atoms with Gasteiger partial charge in [-0.3, -0.25) is 9.80 Å². The van der Waals surface area contributed by atoms with Crippen LogP contribution in [-0.2, 0) is 0 Å². The lowest BCUT2D eigenvalue weighted by Gasteiger charge is -2.44. The zero-order chi connectivity index (χ0) is 13.5. The van der Waals surface area contributed by atoms with E-state index in [9.17, 15) is 0 Å². The van der Waals surface area contributed by atoms with Crippen LogP contribution in [0.4, 0.5) is 0 Å². The first-order valence-corrected chi connectivity index (χ1v) is 8.30. The quantitative estimate of drug-likeness (QED) is 0.756. The fourth-order valence-electron chi connectivity index (χ4n) is 4.60. The molecule has 3 heteroatoms. The molecule has 1 unspecified atom stereocenters. The molecule has 3 aliphatic heterocycles. The van der Waals surface area contributed by atoms with Gasteiger partial charge in [0.1, 0.15) is 0 Å². The van der Waals surface area contributed by atoms with Gasteiger partial charge in [-0.05, 0) is 72.6 Å². The van der Waals surface area contributed by atoms with Crippen molar-refractivity contribution in [2.75, 3.05) is 39.8 Å². The third-order valence-electron chi connectivity index (χ3n) is 5.87. The van der Waals surface area contributed by atoms with Crippen molar-refractivity contribution in [2.24, 2.45) is 0 Å². The fourth-order valence-corrected chi connectivity index (χ4v) is 4.60. The molecule has 1 atom stereocenters. The van der Waals surface area contributed by atoms with Gasteiger partial charge in [-0.15, -0.1) is 0 Å². The molecule has 110 valence electrons. The number of likely N-dealkylation sites (tertiary alicyclic amines) is 3. The molecule has 3 rings (SSSR count). The molecule has 0 aromatic rings. The van der Waals surface area contributed by atoms with Crippen molar-refractivity contribution in [3.63, 3.8) is 0 Å². The molecule has 3 saturated heterocycles. The van der Waals surface area contributed by atoms with Crippen LogP contribution in [-0.4, -0.2) is 72.1 Å². The first-order valence-electron chi connectivity index (χ1n) is 8.30. The first-order chi connectivity index (χ1) is 9.11. The SMILES string of the molecule is CC(C)N1CCC2(CCCN2C2CCN(C)CC2)C1. The monoisotopic (exact) mass is 265 g/mol. The van der Waals surface area contributed by atoms with Crippen molar-refractivity contribution in [2.45, 2.75) is 63.6 Å². The molecule has 3 nitrogen and oxygen atoms in total. The van der Waals surface area contributed by atoms with Gasteiger partial charge in [-0.25, -0.2) is 0 Å². The van der Waals surface area contributed by atoms with Crippen molar-refractivity contribution in [3.05, 3.63) is 0 Å². The van der Waals surface area contributed by atoms with Crippen molar-refractivity contribution >= 4 is 0 Å². The van der Waals surface area contributed by atoms with Crippen molar-refractivity contribution < 1.29 is 0 Å². The molecular formula is C16H31N3. The summed E-state index contributed by atoms with van der Waals surface area (Å²) in [7, 11) is 2.27. The average Bonchev–Trinajstić information content (AvgIpc) is 2.99. The van der Waals surface area contributed by atoms with Gasteiger partial charge in [0.2, 0.25) is 0 Å². The summed E-state index contributed by atoms with van der Waals surface area (Å²) in [5.74, 6) is 0. The van der Waals surface area contributed by atoms with Gasteiger partial charge in [0.05, 0.1) is 0 Å². The van der Waals surface area contributed by atoms with Crippen LogP contribution in [0.3, 0.4) is 0 Å². The molecule has 3 aliphatic rings. The lowest BCUT2D eigenvalue weighted by atomic mass is 9.91. The van der Waals surface area contributed by atoms with E-state index in [0.717, 1.165) is 12.1 Å². The first kappa shape index (κ1) is 13.8. The summed E-state index contributed by atoms with van der Waals surface area (Å²) < 4.78 is 0. The standard InChI is InChI=1S/C16H31N3/c1-14(2)18-12-8-16(13-18)7-4-9-19(16)15-5-10-17(3)11-6-15/h14-15H,4-13H2,1-3H3. The molecule has 19 heavy (non-hydrogen) atoms. The van der Waals surface area contributed by atoms with E-state index in [1.807, 2.05) is 0 Å². The average molecular weight is 265 g/mol. The third kappa shape index (κ3) is 2.57. The number of piperidine rings is 1. The Balaban J connectivity index is 1.68. The molecule has 0 bridgehead atoms. The van der Waals surface area contributed by atoms with Crippen LogP contribution >= 0.6 is 0 Å². The van der Waals surface area contributed by atoms with Gasteiger partial charge in [-0.1, -0.05) is 0 Å². The van der Waals surface area contributed by atoms with Gasteiger partial charge in [-0.2, -0.15) is 0 Å². The van der Waals surface area contributed by atoms with E-state index < -0.39 is 0 Å². The van der Waals surface area contributed by atoms with E-state index in [-0.39, 0.29) is 0 Å². The predicted molar refractivity (Wildman–Crippen MR) is 80.5 cm³/mol. The van der Waals surface area contributed by atoms with Gasteiger partial charge >= 0.3 is 0 Å². The maximum atomic E-state index is 2.93. The summed E-state index contributed by atoms with van der Waals surface area (Å²) in [5, 5.41) is 0. The molecule has 0 amide bonds. The highest BCUT2D eigenvalue weighted by atomic mass is 15.3. The van der Waals surface area contributed by atoms with Crippen molar-refractivity contribution in [1.29, 1.82) is 0 Å². The molecule has 0 aliphatic carbocycles. The van der Waals surface area contributed by atoms with E-state index in [4.69, 9.17) is 0 Å². The summed E-state index contributed by atoms with van der Waals surface area (Å²) in [6.45, 7) is 11.3. The zero-order valence-corrected chi connectivity index (χ0v) is 13.1. The lowest BCUT2D eigenvalue weighted by molar-refractivity contribution is 0.0512. The Hall–Kier alpha value is -0.120. The van der Waals surface area contributed by atoms with Gasteiger partial charge in [0.25, 0.3) is 0 Å². The highest BCUT2D eigenvalue weighted by Gasteiger charge is 2.48. The van der Waals surface area contributed by atoms with Gasteiger partial charge < -0.3 is 4.90 Å². The second kappa shape index (κ2) is 5.34. The second-order valence-electron chi connectivity index (χ2n) is 7.37. The Bertz CT molecular complexity index is 309. The van der Waals surface area contributed by atoms with Crippen LogP contribution in [0.15, 0.2) is 0 Å². The molecule has 3 heterocycles. The largest absolute Gasteiger partial charge is 0.306 e. The Labute approximate surface area is 118 Å². The van der Waals surface area contributed by atoms with Crippen molar-refractivity contribution in [3.8, 4) is 0 Å². The molecule has 0 aromatic carbocycles. The van der Waals surface area contributed by atoms with E-state index in [1.54, 1.807) is 0 Å². The Morgan fingerprint density at radius 1 is 1.00 bits per heavy atom. The summed E-state index contributed by atoms with van der Waals surface area (Å²) in [4.78, 5) is 8.13. The van der Waals surface area contributed by atoms with Crippen LogP contribution in [0.5, 0.6) is 0 Å².